The lowest BCUT2D eigenvalue weighted by Crippen LogP contribution is -2.26. The quantitative estimate of drug-likeness (QED) is 0.651. The number of amides is 1. The zero-order valence-corrected chi connectivity index (χ0v) is 13.8. The Bertz CT molecular complexity index is 600. The van der Waals surface area contributed by atoms with Crippen LogP contribution in [0.4, 0.5) is 0 Å². The lowest BCUT2D eigenvalue weighted by atomic mass is 9.94. The molecule has 2 nitrogen and oxygen atoms in total. The van der Waals surface area contributed by atoms with E-state index in [2.05, 4.69) is 54.7 Å². The van der Waals surface area contributed by atoms with Gasteiger partial charge in [-0.2, -0.15) is 0 Å². The fourth-order valence-electron chi connectivity index (χ4n) is 3.06. The minimum Gasteiger partial charge on any atom is -0.350 e. The second-order valence-corrected chi connectivity index (χ2v) is 6.02. The molecular weight excluding hydrogens is 270 g/mol. The molecule has 2 aromatic carbocycles. The van der Waals surface area contributed by atoms with Crippen LogP contribution in [-0.4, -0.2) is 5.91 Å². The van der Waals surface area contributed by atoms with Gasteiger partial charge in [0.15, 0.2) is 0 Å². The maximum absolute atomic E-state index is 11.6. The molecule has 0 heterocycles. The summed E-state index contributed by atoms with van der Waals surface area (Å²) in [7, 11) is 0. The predicted octanol–water partition coefficient (Wildman–Crippen LogP) is 5.38. The summed E-state index contributed by atoms with van der Waals surface area (Å²) >= 11 is 0. The summed E-state index contributed by atoms with van der Waals surface area (Å²) in [5.41, 5.74) is 1.24. The number of unbranched alkanes of at least 4 members (excludes halogenated alkanes) is 4. The average Bonchev–Trinajstić information content (AvgIpc) is 2.53. The third kappa shape index (κ3) is 4.59. The molecule has 0 radical (unpaired) electrons. The molecule has 1 atom stereocenters. The SMILES string of the molecule is CCCCCCCC(NC(C)=O)c1cccc2ccccc12. The Hall–Kier alpha value is -1.83. The van der Waals surface area contributed by atoms with Gasteiger partial charge in [0.1, 0.15) is 0 Å². The van der Waals surface area contributed by atoms with Gasteiger partial charge in [0, 0.05) is 6.92 Å². The molecule has 0 aromatic heterocycles. The van der Waals surface area contributed by atoms with E-state index >= 15 is 0 Å². The van der Waals surface area contributed by atoms with E-state index in [-0.39, 0.29) is 11.9 Å². The number of hydrogen-bond acceptors (Lipinski definition) is 1. The van der Waals surface area contributed by atoms with Crippen LogP contribution < -0.4 is 5.32 Å². The smallest absolute Gasteiger partial charge is 0.217 e. The Morgan fingerprint density at radius 2 is 1.73 bits per heavy atom. The first kappa shape index (κ1) is 16.5. The number of nitrogens with one attached hydrogen (secondary N) is 1. The molecule has 0 aliphatic heterocycles. The summed E-state index contributed by atoms with van der Waals surface area (Å²) in [5, 5.41) is 5.63. The lowest BCUT2D eigenvalue weighted by Gasteiger charge is -2.20. The van der Waals surface area contributed by atoms with E-state index in [0.29, 0.717) is 0 Å². The zero-order chi connectivity index (χ0) is 15.8. The molecule has 0 aliphatic carbocycles. The van der Waals surface area contributed by atoms with Crippen molar-refractivity contribution >= 4 is 16.7 Å². The summed E-state index contributed by atoms with van der Waals surface area (Å²) in [5.74, 6) is 0.0477. The number of hydrogen-bond donors (Lipinski definition) is 1. The molecule has 1 N–H and O–H groups in total. The maximum Gasteiger partial charge on any atom is 0.217 e. The van der Waals surface area contributed by atoms with Crippen molar-refractivity contribution < 1.29 is 4.79 Å². The highest BCUT2D eigenvalue weighted by molar-refractivity contribution is 5.86. The molecule has 0 aliphatic rings. The van der Waals surface area contributed by atoms with Crippen molar-refractivity contribution in [2.24, 2.45) is 0 Å². The van der Waals surface area contributed by atoms with Crippen molar-refractivity contribution in [2.75, 3.05) is 0 Å². The van der Waals surface area contributed by atoms with E-state index in [1.807, 2.05) is 0 Å². The van der Waals surface area contributed by atoms with E-state index in [4.69, 9.17) is 0 Å². The normalized spacial score (nSPS) is 12.3. The van der Waals surface area contributed by atoms with Gasteiger partial charge in [0.25, 0.3) is 0 Å². The summed E-state index contributed by atoms with van der Waals surface area (Å²) < 4.78 is 0. The van der Waals surface area contributed by atoms with Crippen molar-refractivity contribution in [2.45, 2.75) is 58.4 Å². The van der Waals surface area contributed by atoms with Gasteiger partial charge in [-0.3, -0.25) is 4.79 Å². The largest absolute Gasteiger partial charge is 0.350 e. The first-order valence-electron chi connectivity index (χ1n) is 8.47. The zero-order valence-electron chi connectivity index (χ0n) is 13.8. The maximum atomic E-state index is 11.6. The Balaban J connectivity index is 2.14. The van der Waals surface area contributed by atoms with Gasteiger partial charge in [0.2, 0.25) is 5.91 Å². The van der Waals surface area contributed by atoms with E-state index < -0.39 is 0 Å². The van der Waals surface area contributed by atoms with Crippen LogP contribution in [0, 0.1) is 0 Å². The van der Waals surface area contributed by atoms with Crippen LogP contribution in [0.25, 0.3) is 10.8 Å². The first-order valence-corrected chi connectivity index (χ1v) is 8.47. The molecule has 2 aromatic rings. The Labute approximate surface area is 133 Å². The number of rotatable bonds is 8. The van der Waals surface area contributed by atoms with Gasteiger partial charge < -0.3 is 5.32 Å². The standard InChI is InChI=1S/C20H27NO/c1-3-4-5-6-7-15-20(21-16(2)22)19-14-10-12-17-11-8-9-13-18(17)19/h8-14,20H,3-7,15H2,1-2H3,(H,21,22). The molecule has 2 heteroatoms. The van der Waals surface area contributed by atoms with Crippen molar-refractivity contribution in [1.29, 1.82) is 0 Å². The number of carbonyl (C=O) groups excluding carboxylic acids is 1. The van der Waals surface area contributed by atoms with Crippen molar-refractivity contribution in [1.82, 2.24) is 5.32 Å². The Morgan fingerprint density at radius 3 is 2.50 bits per heavy atom. The van der Waals surface area contributed by atoms with Crippen LogP contribution in [0.15, 0.2) is 42.5 Å². The highest BCUT2D eigenvalue weighted by Crippen LogP contribution is 2.28. The highest BCUT2D eigenvalue weighted by atomic mass is 16.1. The summed E-state index contributed by atoms with van der Waals surface area (Å²) in [6.45, 7) is 3.84. The fourth-order valence-corrected chi connectivity index (χ4v) is 3.06. The van der Waals surface area contributed by atoms with Crippen LogP contribution in [0.2, 0.25) is 0 Å². The third-order valence-electron chi connectivity index (χ3n) is 4.17. The minimum atomic E-state index is 0.0477. The Morgan fingerprint density at radius 1 is 1.00 bits per heavy atom. The topological polar surface area (TPSA) is 29.1 Å². The van der Waals surface area contributed by atoms with Crippen LogP contribution >= 0.6 is 0 Å². The van der Waals surface area contributed by atoms with Crippen LogP contribution in [0.5, 0.6) is 0 Å². The minimum absolute atomic E-state index is 0.0477. The van der Waals surface area contributed by atoms with Crippen molar-refractivity contribution in [3.8, 4) is 0 Å². The van der Waals surface area contributed by atoms with Crippen molar-refractivity contribution in [3.63, 3.8) is 0 Å². The van der Waals surface area contributed by atoms with Gasteiger partial charge in [-0.1, -0.05) is 81.5 Å². The van der Waals surface area contributed by atoms with Crippen molar-refractivity contribution in [3.05, 3.63) is 48.0 Å². The molecule has 0 saturated heterocycles. The predicted molar refractivity (Wildman–Crippen MR) is 93.9 cm³/mol. The number of benzene rings is 2. The second kappa shape index (κ2) is 8.57. The van der Waals surface area contributed by atoms with Gasteiger partial charge in [-0.15, -0.1) is 0 Å². The van der Waals surface area contributed by atoms with E-state index in [9.17, 15) is 4.79 Å². The summed E-state index contributed by atoms with van der Waals surface area (Å²) in [4.78, 5) is 11.6. The van der Waals surface area contributed by atoms with Gasteiger partial charge in [-0.05, 0) is 22.8 Å². The number of carbonyl (C=O) groups is 1. The molecule has 2 rings (SSSR count). The van der Waals surface area contributed by atoms with Crippen LogP contribution in [0.1, 0.15) is 64.0 Å². The summed E-state index contributed by atoms with van der Waals surface area (Å²) in [6.07, 6.45) is 7.27. The monoisotopic (exact) mass is 297 g/mol. The van der Waals surface area contributed by atoms with Crippen LogP contribution in [0.3, 0.4) is 0 Å². The van der Waals surface area contributed by atoms with E-state index in [1.165, 1.54) is 42.0 Å². The second-order valence-electron chi connectivity index (χ2n) is 6.02. The molecule has 0 fully saturated rings. The van der Waals surface area contributed by atoms with Gasteiger partial charge in [-0.25, -0.2) is 0 Å². The third-order valence-corrected chi connectivity index (χ3v) is 4.17. The van der Waals surface area contributed by atoms with E-state index in [1.54, 1.807) is 6.92 Å². The molecule has 118 valence electrons. The van der Waals surface area contributed by atoms with Crippen LogP contribution in [-0.2, 0) is 4.79 Å². The first-order chi connectivity index (χ1) is 10.7. The lowest BCUT2D eigenvalue weighted by molar-refractivity contribution is -0.119. The molecule has 22 heavy (non-hydrogen) atoms. The molecule has 1 amide bonds. The molecule has 1 unspecified atom stereocenters. The Kier molecular flexibility index (Phi) is 6.45. The molecule has 0 saturated carbocycles. The average molecular weight is 297 g/mol. The molecule has 0 bridgehead atoms. The molecule has 0 spiro atoms. The van der Waals surface area contributed by atoms with E-state index in [0.717, 1.165) is 12.8 Å². The summed E-state index contributed by atoms with van der Waals surface area (Å²) in [6, 6.07) is 14.9. The van der Waals surface area contributed by atoms with Gasteiger partial charge in [0.05, 0.1) is 6.04 Å². The molecular formula is C20H27NO. The fraction of sp³-hybridized carbons (Fsp3) is 0.450. The highest BCUT2D eigenvalue weighted by Gasteiger charge is 2.14. The van der Waals surface area contributed by atoms with Gasteiger partial charge >= 0.3 is 0 Å². The number of fused-ring (bicyclic) bond motifs is 1.